The fourth-order valence-electron chi connectivity index (χ4n) is 5.77. The maximum absolute atomic E-state index is 12.2. The Bertz CT molecular complexity index is 988. The summed E-state index contributed by atoms with van der Waals surface area (Å²) < 4.78 is 5.54. The van der Waals surface area contributed by atoms with Gasteiger partial charge in [-0.05, 0) is 66.0 Å². The first-order valence-corrected chi connectivity index (χ1v) is 11.3. The first-order chi connectivity index (χ1) is 14.6. The van der Waals surface area contributed by atoms with Gasteiger partial charge >= 0.3 is 0 Å². The molecule has 30 heavy (non-hydrogen) atoms. The lowest BCUT2D eigenvalue weighted by atomic mass is 9.79. The molecule has 0 bridgehead atoms. The van der Waals surface area contributed by atoms with Crippen molar-refractivity contribution in [2.45, 2.75) is 44.4 Å². The van der Waals surface area contributed by atoms with E-state index in [-0.39, 0.29) is 11.3 Å². The number of carbonyl (C=O) groups excluding carboxylic acids is 1. The maximum atomic E-state index is 12.2. The molecule has 2 atom stereocenters. The number of rotatable bonds is 3. The monoisotopic (exact) mass is 401 g/mol. The molecule has 5 rings (SSSR count). The normalized spacial score (nSPS) is 27.7. The molecule has 0 spiro atoms. The van der Waals surface area contributed by atoms with E-state index in [4.69, 9.17) is 4.74 Å². The Kier molecular flexibility index (Phi) is 4.92. The van der Waals surface area contributed by atoms with E-state index in [1.165, 1.54) is 66.3 Å². The highest BCUT2D eigenvalue weighted by Gasteiger charge is 2.56. The number of ether oxygens (including phenoxy) is 1. The van der Waals surface area contributed by atoms with Crippen LogP contribution < -0.4 is 9.64 Å². The molecule has 0 saturated heterocycles. The van der Waals surface area contributed by atoms with Crippen LogP contribution >= 0.6 is 0 Å². The van der Waals surface area contributed by atoms with Crippen LogP contribution in [0.4, 0.5) is 5.69 Å². The predicted octanol–water partition coefficient (Wildman–Crippen LogP) is 5.94. The van der Waals surface area contributed by atoms with Gasteiger partial charge in [-0.1, -0.05) is 49.6 Å². The van der Waals surface area contributed by atoms with Crippen molar-refractivity contribution in [2.75, 3.05) is 25.6 Å². The predicted molar refractivity (Wildman–Crippen MR) is 123 cm³/mol. The number of carbonyl (C=O) groups is 1. The molecule has 1 heterocycles. The van der Waals surface area contributed by atoms with Crippen LogP contribution in [0.3, 0.4) is 0 Å². The number of fused-ring (bicyclic) bond motifs is 4. The lowest BCUT2D eigenvalue weighted by Gasteiger charge is -2.31. The molecule has 2 fully saturated rings. The molecular weight excluding hydrogens is 370 g/mol. The minimum atomic E-state index is -0.306. The third-order valence-electron chi connectivity index (χ3n) is 7.54. The van der Waals surface area contributed by atoms with Crippen molar-refractivity contribution in [2.24, 2.45) is 11.3 Å². The van der Waals surface area contributed by atoms with Crippen LogP contribution in [0.1, 0.15) is 61.1 Å². The second-order valence-corrected chi connectivity index (χ2v) is 9.41. The van der Waals surface area contributed by atoms with Crippen LogP contribution in [0.5, 0.6) is 5.75 Å². The van der Waals surface area contributed by atoms with Crippen molar-refractivity contribution < 1.29 is 9.53 Å². The Balaban J connectivity index is 1.73. The minimum Gasteiger partial charge on any atom is -0.497 e. The van der Waals surface area contributed by atoms with E-state index in [0.717, 1.165) is 18.7 Å². The lowest BCUT2D eigenvalue weighted by molar-refractivity contribution is -0.112. The van der Waals surface area contributed by atoms with Gasteiger partial charge in [-0.25, -0.2) is 0 Å². The molecule has 2 aliphatic carbocycles. The van der Waals surface area contributed by atoms with Crippen molar-refractivity contribution in [1.82, 2.24) is 0 Å². The molecule has 0 amide bonds. The molecule has 2 aromatic rings. The number of aldehydes is 1. The Morgan fingerprint density at radius 1 is 1.10 bits per heavy atom. The highest BCUT2D eigenvalue weighted by atomic mass is 16.5. The van der Waals surface area contributed by atoms with Crippen molar-refractivity contribution in [3.8, 4) is 5.75 Å². The summed E-state index contributed by atoms with van der Waals surface area (Å²) in [6.45, 7) is 0.757. The smallest absolute Gasteiger partial charge is 0.128 e. The van der Waals surface area contributed by atoms with Crippen LogP contribution in [0.25, 0.3) is 11.6 Å². The summed E-state index contributed by atoms with van der Waals surface area (Å²) in [6.07, 6.45) is 11.0. The zero-order valence-electron chi connectivity index (χ0n) is 18.1. The Labute approximate surface area is 179 Å². The van der Waals surface area contributed by atoms with E-state index in [1.807, 2.05) is 0 Å². The quantitative estimate of drug-likeness (QED) is 0.596. The van der Waals surface area contributed by atoms with Gasteiger partial charge in [0.15, 0.2) is 0 Å². The van der Waals surface area contributed by atoms with E-state index in [2.05, 4.69) is 60.5 Å². The number of nitrogens with zero attached hydrogens (tertiary/aromatic N) is 1. The zero-order chi connectivity index (χ0) is 20.7. The van der Waals surface area contributed by atoms with Crippen LogP contribution in [-0.2, 0) is 4.79 Å². The molecule has 3 heteroatoms. The van der Waals surface area contributed by atoms with E-state index < -0.39 is 0 Å². The van der Waals surface area contributed by atoms with Crippen molar-refractivity contribution >= 4 is 23.6 Å². The van der Waals surface area contributed by atoms with Gasteiger partial charge in [-0.2, -0.15) is 0 Å². The highest BCUT2D eigenvalue weighted by Crippen LogP contribution is 2.60. The second-order valence-electron chi connectivity index (χ2n) is 9.41. The van der Waals surface area contributed by atoms with E-state index in [9.17, 15) is 4.79 Å². The number of methoxy groups -OCH3 is 1. The van der Waals surface area contributed by atoms with Crippen molar-refractivity contribution in [3.05, 3.63) is 59.2 Å². The number of para-hydroxylation sites is 1. The first-order valence-electron chi connectivity index (χ1n) is 11.3. The Hall–Kier alpha value is -2.55. The van der Waals surface area contributed by atoms with Crippen LogP contribution in [0.2, 0.25) is 0 Å². The van der Waals surface area contributed by atoms with Crippen molar-refractivity contribution in [3.63, 3.8) is 0 Å². The van der Waals surface area contributed by atoms with Gasteiger partial charge < -0.3 is 14.4 Å². The summed E-state index contributed by atoms with van der Waals surface area (Å²) in [4.78, 5) is 14.6. The number of anilines is 1. The molecule has 2 aromatic carbocycles. The molecule has 0 radical (unpaired) electrons. The summed E-state index contributed by atoms with van der Waals surface area (Å²) in [6, 6.07) is 15.2. The van der Waals surface area contributed by atoms with Crippen LogP contribution in [-0.4, -0.2) is 27.0 Å². The maximum Gasteiger partial charge on any atom is 0.128 e. The lowest BCUT2D eigenvalue weighted by Crippen LogP contribution is -2.30. The minimum absolute atomic E-state index is 0.261. The van der Waals surface area contributed by atoms with Gasteiger partial charge in [0.25, 0.3) is 0 Å². The zero-order valence-corrected chi connectivity index (χ0v) is 18.1. The van der Waals surface area contributed by atoms with Crippen LogP contribution in [0.15, 0.2) is 42.5 Å². The summed E-state index contributed by atoms with van der Waals surface area (Å²) in [5.74, 6) is 1.73. The molecule has 0 aromatic heterocycles. The van der Waals surface area contributed by atoms with Gasteiger partial charge in [0.1, 0.15) is 12.0 Å². The van der Waals surface area contributed by atoms with Gasteiger partial charge in [0, 0.05) is 24.8 Å². The largest absolute Gasteiger partial charge is 0.497 e. The number of hydrogen-bond acceptors (Lipinski definition) is 3. The third kappa shape index (κ3) is 3.25. The number of benzene rings is 2. The summed E-state index contributed by atoms with van der Waals surface area (Å²) in [7, 11) is 3.86. The molecular formula is C27H31NO2. The average Bonchev–Trinajstić information content (AvgIpc) is 3.52. The summed E-state index contributed by atoms with van der Waals surface area (Å²) >= 11 is 0. The van der Waals surface area contributed by atoms with E-state index in [0.29, 0.717) is 5.92 Å². The molecule has 3 nitrogen and oxygen atoms in total. The highest BCUT2D eigenvalue weighted by molar-refractivity contribution is 5.90. The number of allylic oxidation sites excluding steroid dienone is 1. The summed E-state index contributed by atoms with van der Waals surface area (Å²) in [5.41, 5.74) is 6.25. The SMILES string of the molecule is COc1ccc2c(c1)C1CC1(C=O)CN(C)c1ccccc1/C(C1CCCCC1)=C/2. The molecule has 2 unspecified atom stereocenters. The molecule has 2 saturated carbocycles. The van der Waals surface area contributed by atoms with Gasteiger partial charge in [0.05, 0.1) is 12.5 Å². The van der Waals surface area contributed by atoms with Gasteiger partial charge in [-0.15, -0.1) is 0 Å². The average molecular weight is 402 g/mol. The Morgan fingerprint density at radius 3 is 2.67 bits per heavy atom. The second kappa shape index (κ2) is 7.61. The topological polar surface area (TPSA) is 29.5 Å². The third-order valence-corrected chi connectivity index (χ3v) is 7.54. The summed E-state index contributed by atoms with van der Waals surface area (Å²) in [5, 5.41) is 0. The van der Waals surface area contributed by atoms with Gasteiger partial charge in [0.2, 0.25) is 0 Å². The standard InChI is InChI=1S/C27H31NO2/c1-28-17-27(18-29)16-25(27)24-15-21(30-2)13-12-20(24)14-23(19-8-4-3-5-9-19)22-10-6-7-11-26(22)28/h6-7,10-15,18-19,25H,3-5,8-9,16-17H2,1-2H3/b23-14+. The van der Waals surface area contributed by atoms with E-state index in [1.54, 1.807) is 7.11 Å². The molecule has 1 aliphatic heterocycles. The number of hydrogen-bond donors (Lipinski definition) is 0. The molecule has 0 N–H and O–H groups in total. The fourth-order valence-corrected chi connectivity index (χ4v) is 5.77. The van der Waals surface area contributed by atoms with Crippen LogP contribution in [0, 0.1) is 11.3 Å². The molecule has 156 valence electrons. The van der Waals surface area contributed by atoms with E-state index >= 15 is 0 Å². The van der Waals surface area contributed by atoms with Crippen molar-refractivity contribution in [1.29, 1.82) is 0 Å². The fraction of sp³-hybridized carbons (Fsp3) is 0.444. The Morgan fingerprint density at radius 2 is 1.90 bits per heavy atom. The molecule has 3 aliphatic rings. The first kappa shape index (κ1) is 19.4. The van der Waals surface area contributed by atoms with Gasteiger partial charge in [-0.3, -0.25) is 0 Å².